The molecule has 0 aliphatic carbocycles. The van der Waals surface area contributed by atoms with E-state index >= 15 is 0 Å². The Balaban J connectivity index is 2.20. The van der Waals surface area contributed by atoms with Crippen molar-refractivity contribution in [3.63, 3.8) is 0 Å². The van der Waals surface area contributed by atoms with E-state index in [1.165, 1.54) is 12.1 Å². The zero-order valence-corrected chi connectivity index (χ0v) is 11.7. The minimum atomic E-state index is -0.726. The third-order valence-electron chi connectivity index (χ3n) is 3.17. The highest BCUT2D eigenvalue weighted by Gasteiger charge is 2.17. The molecule has 0 aromatic heterocycles. The minimum absolute atomic E-state index is 0.115. The van der Waals surface area contributed by atoms with E-state index in [0.717, 1.165) is 17.7 Å². The number of nitrogens with one attached hydrogen (secondary N) is 1. The molecule has 1 amide bonds. The summed E-state index contributed by atoms with van der Waals surface area (Å²) >= 11 is 0. The SMILES string of the molecule is Cc1ccc(O)c(C(=O)NC(C)c2ccc(F)cc2F)c1. The molecule has 3 nitrogen and oxygen atoms in total. The molecule has 1 unspecified atom stereocenters. The third kappa shape index (κ3) is 3.37. The van der Waals surface area contributed by atoms with Gasteiger partial charge in [0.15, 0.2) is 0 Å². The molecule has 110 valence electrons. The second-order valence-corrected chi connectivity index (χ2v) is 4.88. The van der Waals surface area contributed by atoms with Gasteiger partial charge in [-0.3, -0.25) is 4.79 Å². The fourth-order valence-electron chi connectivity index (χ4n) is 2.04. The highest BCUT2D eigenvalue weighted by atomic mass is 19.1. The predicted molar refractivity (Wildman–Crippen MR) is 75.1 cm³/mol. The number of halogens is 2. The van der Waals surface area contributed by atoms with E-state index in [1.807, 2.05) is 0 Å². The monoisotopic (exact) mass is 291 g/mol. The summed E-state index contributed by atoms with van der Waals surface area (Å²) in [5.41, 5.74) is 1.11. The Morgan fingerprint density at radius 3 is 2.57 bits per heavy atom. The van der Waals surface area contributed by atoms with Crippen molar-refractivity contribution in [2.75, 3.05) is 0 Å². The van der Waals surface area contributed by atoms with Crippen LogP contribution < -0.4 is 5.32 Å². The molecule has 0 bridgehead atoms. The number of carbonyl (C=O) groups is 1. The summed E-state index contributed by atoms with van der Waals surface area (Å²) < 4.78 is 26.5. The molecule has 2 N–H and O–H groups in total. The van der Waals surface area contributed by atoms with E-state index in [2.05, 4.69) is 5.32 Å². The van der Waals surface area contributed by atoms with Crippen LogP contribution in [0.15, 0.2) is 36.4 Å². The number of phenolic OH excluding ortho intramolecular Hbond substituents is 1. The Labute approximate surface area is 121 Å². The first kappa shape index (κ1) is 15.0. The summed E-state index contributed by atoms with van der Waals surface area (Å²) in [6, 6.07) is 7.16. The molecule has 0 aliphatic heterocycles. The first-order valence-corrected chi connectivity index (χ1v) is 6.44. The zero-order chi connectivity index (χ0) is 15.6. The molecular formula is C16H15F2NO2. The second kappa shape index (κ2) is 5.91. The third-order valence-corrected chi connectivity index (χ3v) is 3.17. The van der Waals surface area contributed by atoms with Gasteiger partial charge in [-0.05, 0) is 32.0 Å². The van der Waals surface area contributed by atoms with Crippen LogP contribution in [0.25, 0.3) is 0 Å². The number of aromatic hydroxyl groups is 1. The molecule has 2 aromatic rings. The van der Waals surface area contributed by atoms with Gasteiger partial charge in [-0.15, -0.1) is 0 Å². The lowest BCUT2D eigenvalue weighted by Gasteiger charge is -2.16. The van der Waals surface area contributed by atoms with Crippen LogP contribution in [0, 0.1) is 18.6 Å². The first-order chi connectivity index (χ1) is 9.88. The number of carbonyl (C=O) groups excluding carboxylic acids is 1. The van der Waals surface area contributed by atoms with Gasteiger partial charge in [-0.1, -0.05) is 17.7 Å². The van der Waals surface area contributed by atoms with Gasteiger partial charge < -0.3 is 10.4 Å². The fraction of sp³-hybridized carbons (Fsp3) is 0.188. The van der Waals surface area contributed by atoms with Gasteiger partial charge in [0, 0.05) is 11.6 Å². The van der Waals surface area contributed by atoms with Crippen LogP contribution in [0.1, 0.15) is 34.5 Å². The largest absolute Gasteiger partial charge is 0.507 e. The number of benzene rings is 2. The van der Waals surface area contributed by atoms with Crippen LogP contribution in [-0.2, 0) is 0 Å². The minimum Gasteiger partial charge on any atom is -0.507 e. The van der Waals surface area contributed by atoms with E-state index < -0.39 is 23.6 Å². The standard InChI is InChI=1S/C16H15F2NO2/c1-9-3-6-15(20)13(7-9)16(21)19-10(2)12-5-4-11(17)8-14(12)18/h3-8,10,20H,1-2H3,(H,19,21). The molecular weight excluding hydrogens is 276 g/mol. The smallest absolute Gasteiger partial charge is 0.255 e. The van der Waals surface area contributed by atoms with Crippen LogP contribution in [0.2, 0.25) is 0 Å². The van der Waals surface area contributed by atoms with Crippen molar-refractivity contribution in [1.29, 1.82) is 0 Å². The van der Waals surface area contributed by atoms with Gasteiger partial charge in [0.05, 0.1) is 11.6 Å². The van der Waals surface area contributed by atoms with Gasteiger partial charge in [0.1, 0.15) is 17.4 Å². The van der Waals surface area contributed by atoms with Crippen LogP contribution in [0.3, 0.4) is 0 Å². The molecule has 1 atom stereocenters. The Morgan fingerprint density at radius 2 is 1.90 bits per heavy atom. The highest BCUT2D eigenvalue weighted by Crippen LogP contribution is 2.21. The van der Waals surface area contributed by atoms with E-state index in [9.17, 15) is 18.7 Å². The van der Waals surface area contributed by atoms with E-state index in [1.54, 1.807) is 26.0 Å². The number of phenols is 1. The lowest BCUT2D eigenvalue weighted by atomic mass is 10.1. The molecule has 21 heavy (non-hydrogen) atoms. The van der Waals surface area contributed by atoms with Gasteiger partial charge in [0.25, 0.3) is 5.91 Å². The quantitative estimate of drug-likeness (QED) is 0.909. The van der Waals surface area contributed by atoms with Crippen molar-refractivity contribution in [2.24, 2.45) is 0 Å². The second-order valence-electron chi connectivity index (χ2n) is 4.88. The van der Waals surface area contributed by atoms with Gasteiger partial charge in [0.2, 0.25) is 0 Å². The maximum Gasteiger partial charge on any atom is 0.255 e. The molecule has 0 spiro atoms. The molecule has 5 heteroatoms. The van der Waals surface area contributed by atoms with Gasteiger partial charge >= 0.3 is 0 Å². The number of rotatable bonds is 3. The van der Waals surface area contributed by atoms with E-state index in [0.29, 0.717) is 0 Å². The molecule has 0 fully saturated rings. The van der Waals surface area contributed by atoms with Crippen molar-refractivity contribution in [3.05, 3.63) is 64.7 Å². The van der Waals surface area contributed by atoms with Crippen molar-refractivity contribution in [2.45, 2.75) is 19.9 Å². The van der Waals surface area contributed by atoms with Gasteiger partial charge in [-0.25, -0.2) is 8.78 Å². The van der Waals surface area contributed by atoms with E-state index in [4.69, 9.17) is 0 Å². The number of hydrogen-bond acceptors (Lipinski definition) is 2. The molecule has 0 radical (unpaired) electrons. The van der Waals surface area contributed by atoms with Crippen molar-refractivity contribution in [1.82, 2.24) is 5.32 Å². The molecule has 0 aliphatic rings. The van der Waals surface area contributed by atoms with Crippen molar-refractivity contribution >= 4 is 5.91 Å². The summed E-state index contributed by atoms with van der Waals surface area (Å²) in [5.74, 6) is -2.07. The Hall–Kier alpha value is -2.43. The van der Waals surface area contributed by atoms with Crippen LogP contribution in [0.5, 0.6) is 5.75 Å². The van der Waals surface area contributed by atoms with Crippen LogP contribution in [0.4, 0.5) is 8.78 Å². The lowest BCUT2D eigenvalue weighted by Crippen LogP contribution is -2.27. The molecule has 0 heterocycles. The average molecular weight is 291 g/mol. The Morgan fingerprint density at radius 1 is 1.19 bits per heavy atom. The summed E-state index contributed by atoms with van der Waals surface area (Å²) in [7, 11) is 0. The summed E-state index contributed by atoms with van der Waals surface area (Å²) in [5, 5.41) is 12.3. The van der Waals surface area contributed by atoms with Crippen LogP contribution >= 0.6 is 0 Å². The summed E-state index contributed by atoms with van der Waals surface area (Å²) in [6.45, 7) is 3.38. The van der Waals surface area contributed by atoms with Crippen molar-refractivity contribution in [3.8, 4) is 5.75 Å². The first-order valence-electron chi connectivity index (χ1n) is 6.44. The Kier molecular flexibility index (Phi) is 4.21. The molecule has 2 aromatic carbocycles. The summed E-state index contributed by atoms with van der Waals surface area (Å²) in [6.07, 6.45) is 0. The maximum absolute atomic E-state index is 13.7. The van der Waals surface area contributed by atoms with Crippen molar-refractivity contribution < 1.29 is 18.7 Å². The fourth-order valence-corrected chi connectivity index (χ4v) is 2.04. The zero-order valence-electron chi connectivity index (χ0n) is 11.7. The maximum atomic E-state index is 13.7. The predicted octanol–water partition coefficient (Wildman–Crippen LogP) is 3.47. The summed E-state index contributed by atoms with van der Waals surface area (Å²) in [4.78, 5) is 12.1. The van der Waals surface area contributed by atoms with Crippen LogP contribution in [-0.4, -0.2) is 11.0 Å². The van der Waals surface area contributed by atoms with E-state index in [-0.39, 0.29) is 16.9 Å². The molecule has 0 saturated heterocycles. The van der Waals surface area contributed by atoms with Gasteiger partial charge in [-0.2, -0.15) is 0 Å². The molecule has 0 saturated carbocycles. The molecule has 2 rings (SSSR count). The average Bonchev–Trinajstić information content (AvgIpc) is 2.41. The number of amides is 1. The Bertz CT molecular complexity index is 686. The topological polar surface area (TPSA) is 49.3 Å². The normalized spacial score (nSPS) is 12.0. The lowest BCUT2D eigenvalue weighted by molar-refractivity contribution is 0.0936. The number of aryl methyl sites for hydroxylation is 1. The highest BCUT2D eigenvalue weighted by molar-refractivity contribution is 5.97. The number of hydrogen-bond donors (Lipinski definition) is 2.